The summed E-state index contributed by atoms with van der Waals surface area (Å²) in [5, 5.41) is 0. The number of ether oxygens (including phenoxy) is 1. The van der Waals surface area contributed by atoms with Gasteiger partial charge >= 0.3 is 6.03 Å². The van der Waals surface area contributed by atoms with Crippen molar-refractivity contribution in [3.63, 3.8) is 0 Å². The zero-order chi connectivity index (χ0) is 23.3. The lowest BCUT2D eigenvalue weighted by molar-refractivity contribution is -0.135. The van der Waals surface area contributed by atoms with Gasteiger partial charge in [-0.25, -0.2) is 9.18 Å². The van der Waals surface area contributed by atoms with Crippen LogP contribution in [0.3, 0.4) is 0 Å². The number of carbonyl (C=O) groups is 2. The number of hydrogen-bond donors (Lipinski definition) is 0. The molecule has 0 aliphatic carbocycles. The number of amides is 3. The fraction of sp³-hybridized carbons (Fsp3) is 0.385. The van der Waals surface area contributed by atoms with E-state index >= 15 is 0 Å². The van der Waals surface area contributed by atoms with Crippen LogP contribution < -0.4 is 0 Å². The second-order valence-corrected chi connectivity index (χ2v) is 8.56. The number of benzene rings is 2. The molecule has 0 atom stereocenters. The average molecular weight is 452 g/mol. The highest BCUT2D eigenvalue weighted by molar-refractivity contribution is 6.07. The Morgan fingerprint density at radius 2 is 1.73 bits per heavy atom. The molecule has 3 amide bonds. The van der Waals surface area contributed by atoms with Crippen molar-refractivity contribution in [3.05, 3.63) is 77.6 Å². The molecule has 7 heteroatoms. The van der Waals surface area contributed by atoms with E-state index in [1.54, 1.807) is 42.4 Å². The lowest BCUT2D eigenvalue weighted by Crippen LogP contribution is -2.57. The van der Waals surface area contributed by atoms with Crippen LogP contribution in [0.4, 0.5) is 9.18 Å². The van der Waals surface area contributed by atoms with Gasteiger partial charge < -0.3 is 9.64 Å². The molecule has 0 unspecified atom stereocenters. The molecule has 2 heterocycles. The van der Waals surface area contributed by atoms with E-state index in [9.17, 15) is 14.0 Å². The third kappa shape index (κ3) is 4.84. The van der Waals surface area contributed by atoms with Crippen molar-refractivity contribution in [1.82, 2.24) is 14.7 Å². The van der Waals surface area contributed by atoms with Crippen LogP contribution in [0.15, 0.2) is 60.7 Å². The maximum absolute atomic E-state index is 13.9. The number of rotatable bonds is 8. The molecule has 2 saturated heterocycles. The van der Waals surface area contributed by atoms with E-state index in [0.717, 1.165) is 19.6 Å². The van der Waals surface area contributed by atoms with Crippen molar-refractivity contribution in [3.8, 4) is 0 Å². The summed E-state index contributed by atoms with van der Waals surface area (Å²) >= 11 is 0. The van der Waals surface area contributed by atoms with Gasteiger partial charge in [0.05, 0.1) is 6.61 Å². The van der Waals surface area contributed by atoms with Crippen molar-refractivity contribution >= 4 is 18.0 Å². The molecular formula is C26H30FN3O3. The Balaban J connectivity index is 1.47. The Morgan fingerprint density at radius 1 is 1.03 bits per heavy atom. The molecule has 2 aromatic rings. The largest absolute Gasteiger partial charge is 0.383 e. The van der Waals surface area contributed by atoms with Crippen LogP contribution in [0.5, 0.6) is 0 Å². The van der Waals surface area contributed by atoms with Gasteiger partial charge in [0.2, 0.25) is 0 Å². The normalized spacial score (nSPS) is 18.7. The average Bonchev–Trinajstić information content (AvgIpc) is 3.02. The van der Waals surface area contributed by atoms with Crippen LogP contribution in [-0.4, -0.2) is 72.1 Å². The van der Waals surface area contributed by atoms with E-state index < -0.39 is 5.54 Å². The first-order valence-electron chi connectivity index (χ1n) is 11.3. The molecule has 0 bridgehead atoms. The van der Waals surface area contributed by atoms with Gasteiger partial charge in [-0.3, -0.25) is 14.6 Å². The number of imide groups is 1. The van der Waals surface area contributed by atoms with E-state index in [0.29, 0.717) is 31.6 Å². The summed E-state index contributed by atoms with van der Waals surface area (Å²) < 4.78 is 19.1. The third-order valence-corrected chi connectivity index (χ3v) is 6.56. The van der Waals surface area contributed by atoms with Gasteiger partial charge in [0, 0.05) is 45.4 Å². The van der Waals surface area contributed by atoms with Crippen LogP contribution in [0.25, 0.3) is 6.08 Å². The van der Waals surface area contributed by atoms with E-state index in [-0.39, 0.29) is 24.3 Å². The minimum Gasteiger partial charge on any atom is -0.383 e. The van der Waals surface area contributed by atoms with Crippen LogP contribution in [0.1, 0.15) is 24.0 Å². The van der Waals surface area contributed by atoms with E-state index in [4.69, 9.17) is 4.74 Å². The molecule has 1 spiro atoms. The topological polar surface area (TPSA) is 53.1 Å². The van der Waals surface area contributed by atoms with Crippen LogP contribution in [0.2, 0.25) is 0 Å². The molecule has 6 nitrogen and oxygen atoms in total. The van der Waals surface area contributed by atoms with E-state index in [1.807, 2.05) is 18.2 Å². The number of hydrogen-bond acceptors (Lipinski definition) is 4. The molecule has 33 heavy (non-hydrogen) atoms. The fourth-order valence-electron chi connectivity index (χ4n) is 4.74. The van der Waals surface area contributed by atoms with Crippen molar-refractivity contribution in [2.75, 3.05) is 39.9 Å². The van der Waals surface area contributed by atoms with Gasteiger partial charge in [-0.15, -0.1) is 0 Å². The fourth-order valence-corrected chi connectivity index (χ4v) is 4.74. The minimum absolute atomic E-state index is 0.116. The molecule has 2 fully saturated rings. The molecule has 2 aliphatic rings. The van der Waals surface area contributed by atoms with Crippen molar-refractivity contribution in [2.24, 2.45) is 0 Å². The number of piperidine rings is 1. The Hall–Kier alpha value is -3.03. The standard InChI is InChI=1S/C26H30FN3O3/c1-33-19-18-30-25(32)29(15-7-11-22-10-5-6-12-23(22)27)24(31)26(30)13-16-28(17-14-26)20-21-8-3-2-4-9-21/h2-12H,13-20H2,1H3/b11-7+. The summed E-state index contributed by atoms with van der Waals surface area (Å²) in [6.07, 6.45) is 4.46. The smallest absolute Gasteiger partial charge is 0.328 e. The van der Waals surface area contributed by atoms with Crippen LogP contribution in [-0.2, 0) is 16.1 Å². The summed E-state index contributed by atoms with van der Waals surface area (Å²) in [7, 11) is 1.59. The molecule has 2 aliphatic heterocycles. The third-order valence-electron chi connectivity index (χ3n) is 6.56. The quantitative estimate of drug-likeness (QED) is 0.573. The first kappa shape index (κ1) is 23.1. The first-order valence-corrected chi connectivity index (χ1v) is 11.3. The molecule has 0 aromatic heterocycles. The van der Waals surface area contributed by atoms with Gasteiger partial charge in [0.1, 0.15) is 11.4 Å². The highest BCUT2D eigenvalue weighted by atomic mass is 19.1. The minimum atomic E-state index is -0.839. The maximum atomic E-state index is 13.9. The Kier molecular flexibility index (Phi) is 7.20. The number of methoxy groups -OCH3 is 1. The second-order valence-electron chi connectivity index (χ2n) is 8.56. The number of halogens is 1. The molecule has 0 N–H and O–H groups in total. The zero-order valence-electron chi connectivity index (χ0n) is 19.0. The van der Waals surface area contributed by atoms with E-state index in [1.165, 1.54) is 16.5 Å². The molecule has 174 valence electrons. The SMILES string of the molecule is COCCN1C(=O)N(C/C=C/c2ccccc2F)C(=O)C12CCN(Cc1ccccc1)CC2. The molecule has 4 rings (SSSR count). The first-order chi connectivity index (χ1) is 16.0. The summed E-state index contributed by atoms with van der Waals surface area (Å²) in [5.74, 6) is -0.502. The van der Waals surface area contributed by atoms with Crippen molar-refractivity contribution < 1.29 is 18.7 Å². The maximum Gasteiger partial charge on any atom is 0.328 e. The summed E-state index contributed by atoms with van der Waals surface area (Å²) in [6.45, 7) is 3.14. The summed E-state index contributed by atoms with van der Waals surface area (Å²) in [4.78, 5) is 32.1. The Labute approximate surface area is 194 Å². The number of likely N-dealkylation sites (tertiary alicyclic amines) is 1. The van der Waals surface area contributed by atoms with Gasteiger partial charge in [-0.1, -0.05) is 60.7 Å². The monoisotopic (exact) mass is 451 g/mol. The van der Waals surface area contributed by atoms with Gasteiger partial charge in [-0.05, 0) is 24.5 Å². The van der Waals surface area contributed by atoms with E-state index in [2.05, 4.69) is 17.0 Å². The Bertz CT molecular complexity index is 1000. The highest BCUT2D eigenvalue weighted by Crippen LogP contribution is 2.37. The summed E-state index contributed by atoms with van der Waals surface area (Å²) in [5.41, 5.74) is 0.824. The highest BCUT2D eigenvalue weighted by Gasteiger charge is 2.57. The molecular weight excluding hydrogens is 421 g/mol. The number of nitrogens with zero attached hydrogens (tertiary/aromatic N) is 3. The zero-order valence-corrected chi connectivity index (χ0v) is 19.0. The van der Waals surface area contributed by atoms with Gasteiger partial charge in [0.25, 0.3) is 5.91 Å². The lowest BCUT2D eigenvalue weighted by Gasteiger charge is -2.42. The van der Waals surface area contributed by atoms with Crippen LogP contribution >= 0.6 is 0 Å². The lowest BCUT2D eigenvalue weighted by atomic mass is 9.85. The number of urea groups is 1. The Morgan fingerprint density at radius 3 is 2.42 bits per heavy atom. The van der Waals surface area contributed by atoms with Gasteiger partial charge in [-0.2, -0.15) is 0 Å². The molecule has 0 radical (unpaired) electrons. The number of carbonyl (C=O) groups excluding carboxylic acids is 2. The van der Waals surface area contributed by atoms with Gasteiger partial charge in [0.15, 0.2) is 0 Å². The predicted octanol–water partition coefficient (Wildman–Crippen LogP) is 3.78. The van der Waals surface area contributed by atoms with Crippen LogP contribution in [0, 0.1) is 5.82 Å². The molecule has 0 saturated carbocycles. The van der Waals surface area contributed by atoms with Crippen molar-refractivity contribution in [1.29, 1.82) is 0 Å². The molecule has 2 aromatic carbocycles. The second kappa shape index (κ2) is 10.3. The summed E-state index contributed by atoms with van der Waals surface area (Å²) in [6, 6.07) is 16.4. The van der Waals surface area contributed by atoms with Crippen molar-refractivity contribution in [2.45, 2.75) is 24.9 Å². The predicted molar refractivity (Wildman–Crippen MR) is 125 cm³/mol.